The number of nitrogens with zero attached hydrogens (tertiary/aromatic N) is 2. The Kier molecular flexibility index (Phi) is 8.54. The molecule has 0 aromatic rings. The number of rotatable bonds is 3. The summed E-state index contributed by atoms with van der Waals surface area (Å²) in [5.41, 5.74) is 0. The van der Waals surface area contributed by atoms with Gasteiger partial charge in [-0.15, -0.1) is 0 Å². The van der Waals surface area contributed by atoms with Crippen LogP contribution in [0.25, 0.3) is 0 Å². The van der Waals surface area contributed by atoms with Crippen molar-refractivity contribution in [2.24, 2.45) is 0 Å². The van der Waals surface area contributed by atoms with Crippen LogP contribution in [0.1, 0.15) is 6.92 Å². The summed E-state index contributed by atoms with van der Waals surface area (Å²) in [6.45, 7) is 17.0. The van der Waals surface area contributed by atoms with Gasteiger partial charge in [0.1, 0.15) is 0 Å². The quantitative estimate of drug-likeness (QED) is 0.502. The van der Waals surface area contributed by atoms with Crippen LogP contribution in [0.3, 0.4) is 0 Å². The molecule has 1 atom stereocenters. The van der Waals surface area contributed by atoms with Crippen molar-refractivity contribution in [1.29, 1.82) is 0 Å². The van der Waals surface area contributed by atoms with Crippen molar-refractivity contribution in [1.82, 2.24) is 31.1 Å². The summed E-state index contributed by atoms with van der Waals surface area (Å²) in [6.07, 6.45) is 0. The van der Waals surface area contributed by atoms with Crippen LogP contribution in [0.5, 0.6) is 0 Å². The molecule has 2 saturated heterocycles. The lowest BCUT2D eigenvalue weighted by Crippen LogP contribution is -2.48. The Balaban J connectivity index is 1.77. The lowest BCUT2D eigenvalue weighted by molar-refractivity contribution is 0.153. The molecule has 124 valence electrons. The number of hydrogen-bond acceptors (Lipinski definition) is 6. The molecule has 2 rings (SSSR count). The SMILES string of the molecule is CC(CN1CCNCCNCC1)N1CCNCCNCC1. The first-order valence-corrected chi connectivity index (χ1v) is 8.65. The molecule has 2 heterocycles. The van der Waals surface area contributed by atoms with Crippen molar-refractivity contribution < 1.29 is 0 Å². The van der Waals surface area contributed by atoms with E-state index in [1.807, 2.05) is 0 Å². The maximum Gasteiger partial charge on any atom is 0.0195 e. The summed E-state index contributed by atoms with van der Waals surface area (Å²) in [6, 6.07) is 0.618. The summed E-state index contributed by atoms with van der Waals surface area (Å²) in [5.74, 6) is 0. The minimum atomic E-state index is 0.618. The Morgan fingerprint density at radius 2 is 1.10 bits per heavy atom. The average Bonchev–Trinajstić information content (AvgIpc) is 2.70. The van der Waals surface area contributed by atoms with E-state index in [2.05, 4.69) is 38.0 Å². The van der Waals surface area contributed by atoms with E-state index in [4.69, 9.17) is 0 Å². The van der Waals surface area contributed by atoms with Crippen LogP contribution >= 0.6 is 0 Å². The van der Waals surface area contributed by atoms with Crippen molar-refractivity contribution in [2.45, 2.75) is 13.0 Å². The molecule has 2 aliphatic rings. The van der Waals surface area contributed by atoms with Gasteiger partial charge in [-0.2, -0.15) is 0 Å². The molecule has 0 radical (unpaired) electrons. The fourth-order valence-electron chi connectivity index (χ4n) is 3.11. The fourth-order valence-corrected chi connectivity index (χ4v) is 3.11. The second-order valence-corrected chi connectivity index (χ2v) is 6.19. The molecule has 0 aromatic carbocycles. The minimum absolute atomic E-state index is 0.618. The van der Waals surface area contributed by atoms with Gasteiger partial charge < -0.3 is 21.3 Å². The zero-order chi connectivity index (χ0) is 14.8. The highest BCUT2D eigenvalue weighted by molar-refractivity contribution is 4.76. The maximum absolute atomic E-state index is 3.50. The van der Waals surface area contributed by atoms with E-state index in [1.54, 1.807) is 0 Å². The normalized spacial score (nSPS) is 26.7. The second kappa shape index (κ2) is 10.5. The Hall–Kier alpha value is -0.240. The second-order valence-electron chi connectivity index (χ2n) is 6.19. The third kappa shape index (κ3) is 7.04. The molecule has 6 nitrogen and oxygen atoms in total. The highest BCUT2D eigenvalue weighted by atomic mass is 15.2. The Morgan fingerprint density at radius 1 is 0.667 bits per heavy atom. The van der Waals surface area contributed by atoms with Crippen LogP contribution in [-0.2, 0) is 0 Å². The molecule has 1 unspecified atom stereocenters. The molecule has 0 bridgehead atoms. The molecular weight excluding hydrogens is 264 g/mol. The van der Waals surface area contributed by atoms with Gasteiger partial charge in [-0.3, -0.25) is 9.80 Å². The van der Waals surface area contributed by atoms with Gasteiger partial charge in [0.2, 0.25) is 0 Å². The highest BCUT2D eigenvalue weighted by Crippen LogP contribution is 2.02. The molecule has 0 aliphatic carbocycles. The Bertz CT molecular complexity index is 243. The van der Waals surface area contributed by atoms with E-state index in [-0.39, 0.29) is 0 Å². The van der Waals surface area contributed by atoms with Gasteiger partial charge in [0.15, 0.2) is 0 Å². The fraction of sp³-hybridized carbons (Fsp3) is 1.00. The lowest BCUT2D eigenvalue weighted by atomic mass is 10.2. The molecule has 2 fully saturated rings. The molecule has 21 heavy (non-hydrogen) atoms. The molecular formula is C15H34N6. The Labute approximate surface area is 130 Å². The van der Waals surface area contributed by atoms with E-state index in [1.165, 1.54) is 6.54 Å². The molecule has 0 saturated carbocycles. The van der Waals surface area contributed by atoms with Crippen molar-refractivity contribution in [3.8, 4) is 0 Å². The topological polar surface area (TPSA) is 54.6 Å². The summed E-state index contributed by atoms with van der Waals surface area (Å²) in [4.78, 5) is 5.22. The van der Waals surface area contributed by atoms with Crippen LogP contribution in [0, 0.1) is 0 Å². The first kappa shape index (κ1) is 17.1. The standard InChI is InChI=1S/C15H34N6/c1-15(21-12-8-18-4-5-19-9-13-21)14-20-10-6-16-2-3-17-7-11-20/h15-19H,2-14H2,1H3. The summed E-state index contributed by atoms with van der Waals surface area (Å²) in [5, 5.41) is 14.0. The maximum atomic E-state index is 3.50. The van der Waals surface area contributed by atoms with Crippen molar-refractivity contribution >= 4 is 0 Å². The van der Waals surface area contributed by atoms with Crippen molar-refractivity contribution in [2.75, 3.05) is 85.1 Å². The molecule has 0 aromatic heterocycles. The lowest BCUT2D eigenvalue weighted by Gasteiger charge is -2.33. The van der Waals surface area contributed by atoms with E-state index in [0.29, 0.717) is 6.04 Å². The zero-order valence-corrected chi connectivity index (χ0v) is 13.7. The van der Waals surface area contributed by atoms with Crippen LogP contribution in [0.2, 0.25) is 0 Å². The molecule has 2 aliphatic heterocycles. The Morgan fingerprint density at radius 3 is 1.57 bits per heavy atom. The minimum Gasteiger partial charge on any atom is -0.314 e. The van der Waals surface area contributed by atoms with Crippen LogP contribution in [-0.4, -0.2) is 101 Å². The number of hydrogen-bond donors (Lipinski definition) is 4. The van der Waals surface area contributed by atoms with Gasteiger partial charge in [0.25, 0.3) is 0 Å². The van der Waals surface area contributed by atoms with E-state index < -0.39 is 0 Å². The van der Waals surface area contributed by atoms with Gasteiger partial charge in [-0.25, -0.2) is 0 Å². The largest absolute Gasteiger partial charge is 0.314 e. The van der Waals surface area contributed by atoms with Gasteiger partial charge in [0, 0.05) is 91.1 Å². The molecule has 0 amide bonds. The number of nitrogens with one attached hydrogen (secondary N) is 4. The van der Waals surface area contributed by atoms with Gasteiger partial charge in [-0.05, 0) is 6.92 Å². The predicted octanol–water partition coefficient (Wildman–Crippen LogP) is -1.64. The van der Waals surface area contributed by atoms with Crippen LogP contribution in [0.15, 0.2) is 0 Å². The first-order valence-electron chi connectivity index (χ1n) is 8.65. The molecule has 4 N–H and O–H groups in total. The monoisotopic (exact) mass is 298 g/mol. The summed E-state index contributed by atoms with van der Waals surface area (Å²) in [7, 11) is 0. The summed E-state index contributed by atoms with van der Waals surface area (Å²) < 4.78 is 0. The van der Waals surface area contributed by atoms with Crippen LogP contribution < -0.4 is 21.3 Å². The van der Waals surface area contributed by atoms with Crippen LogP contribution in [0.4, 0.5) is 0 Å². The van der Waals surface area contributed by atoms with E-state index >= 15 is 0 Å². The zero-order valence-electron chi connectivity index (χ0n) is 13.7. The van der Waals surface area contributed by atoms with Crippen molar-refractivity contribution in [3.63, 3.8) is 0 Å². The highest BCUT2D eigenvalue weighted by Gasteiger charge is 2.17. The molecule has 0 spiro atoms. The van der Waals surface area contributed by atoms with Gasteiger partial charge in [-0.1, -0.05) is 0 Å². The van der Waals surface area contributed by atoms with E-state index in [9.17, 15) is 0 Å². The third-order valence-electron chi connectivity index (χ3n) is 4.46. The summed E-state index contributed by atoms with van der Waals surface area (Å²) >= 11 is 0. The smallest absolute Gasteiger partial charge is 0.0195 e. The predicted molar refractivity (Wildman–Crippen MR) is 89.0 cm³/mol. The van der Waals surface area contributed by atoms with Gasteiger partial charge in [0.05, 0.1) is 0 Å². The van der Waals surface area contributed by atoms with E-state index in [0.717, 1.165) is 78.5 Å². The van der Waals surface area contributed by atoms with Crippen molar-refractivity contribution in [3.05, 3.63) is 0 Å². The first-order chi connectivity index (χ1) is 10.4. The van der Waals surface area contributed by atoms with Gasteiger partial charge >= 0.3 is 0 Å². The average molecular weight is 298 g/mol. The molecule has 6 heteroatoms. The third-order valence-corrected chi connectivity index (χ3v) is 4.46.